The summed E-state index contributed by atoms with van der Waals surface area (Å²) in [5.41, 5.74) is 1.43. The molecule has 0 saturated carbocycles. The zero-order chi connectivity index (χ0) is 21.2. The maximum Gasteiger partial charge on any atom is 0.408 e. The average molecular weight is 417 g/mol. The molecule has 0 aliphatic heterocycles. The fourth-order valence-electron chi connectivity index (χ4n) is 2.81. The number of benzene rings is 2. The van der Waals surface area contributed by atoms with Crippen molar-refractivity contribution in [2.45, 2.75) is 38.8 Å². The number of amides is 1. The van der Waals surface area contributed by atoms with Crippen molar-refractivity contribution in [1.82, 2.24) is 10.5 Å². The Morgan fingerprint density at radius 2 is 1.90 bits per heavy atom. The van der Waals surface area contributed by atoms with E-state index in [9.17, 15) is 14.7 Å². The number of hydrogen-bond acceptors (Lipinski definition) is 5. The van der Waals surface area contributed by atoms with Crippen LogP contribution in [0.5, 0.6) is 0 Å². The van der Waals surface area contributed by atoms with Crippen LogP contribution in [-0.2, 0) is 16.0 Å². The number of carbonyl (C=O) groups excluding carboxylic acids is 1. The number of nitrogens with one attached hydrogen (secondary N) is 1. The monoisotopic (exact) mass is 416 g/mol. The van der Waals surface area contributed by atoms with Gasteiger partial charge in [0.25, 0.3) is 0 Å². The zero-order valence-electron chi connectivity index (χ0n) is 16.2. The molecule has 0 aliphatic rings. The molecule has 3 rings (SSSR count). The van der Waals surface area contributed by atoms with Crippen LogP contribution in [0.3, 0.4) is 0 Å². The molecule has 8 heteroatoms. The molecule has 3 aromatic rings. The summed E-state index contributed by atoms with van der Waals surface area (Å²) in [6.45, 7) is 5.13. The first-order valence-electron chi connectivity index (χ1n) is 8.99. The van der Waals surface area contributed by atoms with E-state index in [1.165, 1.54) is 0 Å². The highest BCUT2D eigenvalue weighted by atomic mass is 35.5. The first-order valence-corrected chi connectivity index (χ1v) is 9.37. The Morgan fingerprint density at radius 1 is 1.21 bits per heavy atom. The normalized spacial score (nSPS) is 12.6. The fourth-order valence-corrected chi connectivity index (χ4v) is 2.94. The molecular formula is C21H21ClN2O5. The Labute approximate surface area is 172 Å². The molecule has 2 aromatic carbocycles. The van der Waals surface area contributed by atoms with Crippen LogP contribution < -0.4 is 5.32 Å². The summed E-state index contributed by atoms with van der Waals surface area (Å²) in [5.74, 6) is -0.593. The summed E-state index contributed by atoms with van der Waals surface area (Å²) in [7, 11) is 0. The number of carboxylic acids is 1. The van der Waals surface area contributed by atoms with E-state index in [2.05, 4.69) is 10.5 Å². The molecule has 0 radical (unpaired) electrons. The number of ether oxygens (including phenoxy) is 1. The number of carbonyl (C=O) groups is 2. The number of aliphatic carboxylic acids is 1. The highest BCUT2D eigenvalue weighted by molar-refractivity contribution is 6.30. The van der Waals surface area contributed by atoms with Gasteiger partial charge in [-0.1, -0.05) is 22.8 Å². The lowest BCUT2D eigenvalue weighted by molar-refractivity contribution is -0.139. The molecule has 1 atom stereocenters. The number of halogens is 1. The molecular weight excluding hydrogens is 396 g/mol. The minimum atomic E-state index is -1.15. The molecule has 0 spiro atoms. The predicted molar refractivity (Wildman–Crippen MR) is 109 cm³/mol. The van der Waals surface area contributed by atoms with Crippen molar-refractivity contribution < 1.29 is 24.0 Å². The Bertz CT molecular complexity index is 1040. The van der Waals surface area contributed by atoms with Crippen molar-refractivity contribution in [2.75, 3.05) is 0 Å². The first kappa shape index (κ1) is 20.7. The molecule has 0 saturated heterocycles. The van der Waals surface area contributed by atoms with Gasteiger partial charge in [-0.3, -0.25) is 0 Å². The summed E-state index contributed by atoms with van der Waals surface area (Å²) in [5, 5.41) is 17.3. The maximum absolute atomic E-state index is 12.0. The summed E-state index contributed by atoms with van der Waals surface area (Å²) in [6.07, 6.45) is -0.701. The Hall–Kier alpha value is -3.06. The van der Waals surface area contributed by atoms with E-state index < -0.39 is 23.7 Å². The van der Waals surface area contributed by atoms with Gasteiger partial charge in [0.1, 0.15) is 17.2 Å². The molecule has 1 unspecified atom stereocenters. The Balaban J connectivity index is 1.85. The first-order chi connectivity index (χ1) is 13.6. The average Bonchev–Trinajstić information content (AvgIpc) is 3.03. The van der Waals surface area contributed by atoms with Gasteiger partial charge in [-0.25, -0.2) is 9.59 Å². The molecule has 0 bridgehead atoms. The quantitative estimate of drug-likeness (QED) is 0.626. The van der Waals surface area contributed by atoms with E-state index in [1.54, 1.807) is 45.0 Å². The third-order valence-electron chi connectivity index (χ3n) is 4.08. The molecule has 0 fully saturated rings. The topological polar surface area (TPSA) is 102 Å². The third kappa shape index (κ3) is 5.26. The Morgan fingerprint density at radius 3 is 2.52 bits per heavy atom. The van der Waals surface area contributed by atoms with Gasteiger partial charge in [0.2, 0.25) is 0 Å². The SMILES string of the molecule is CC(C)(C)OC(=O)NC(Cc1ccc2noc(-c3ccc(Cl)cc3)c2c1)C(=O)O. The number of hydrogen-bond donors (Lipinski definition) is 2. The second kappa shape index (κ2) is 8.13. The fraction of sp³-hybridized carbons (Fsp3) is 0.286. The van der Waals surface area contributed by atoms with Crippen LogP contribution >= 0.6 is 11.6 Å². The highest BCUT2D eigenvalue weighted by Gasteiger charge is 2.24. The van der Waals surface area contributed by atoms with Crippen molar-refractivity contribution in [3.63, 3.8) is 0 Å². The second-order valence-corrected chi connectivity index (χ2v) is 8.05. The van der Waals surface area contributed by atoms with Gasteiger partial charge in [0.05, 0.1) is 0 Å². The molecule has 152 valence electrons. The summed E-state index contributed by atoms with van der Waals surface area (Å²) in [4.78, 5) is 23.6. The number of rotatable bonds is 5. The lowest BCUT2D eigenvalue weighted by Crippen LogP contribution is -2.44. The zero-order valence-corrected chi connectivity index (χ0v) is 17.0. The van der Waals surface area contributed by atoms with Gasteiger partial charge < -0.3 is 19.7 Å². The molecule has 1 aromatic heterocycles. The molecule has 29 heavy (non-hydrogen) atoms. The number of aromatic nitrogens is 1. The van der Waals surface area contributed by atoms with E-state index in [4.69, 9.17) is 20.9 Å². The molecule has 1 amide bonds. The van der Waals surface area contributed by atoms with E-state index in [0.29, 0.717) is 21.9 Å². The predicted octanol–water partition coefficient (Wildman–Crippen LogP) is 4.67. The number of alkyl carbamates (subject to hydrolysis) is 1. The van der Waals surface area contributed by atoms with Crippen LogP contribution in [0.1, 0.15) is 26.3 Å². The summed E-state index contributed by atoms with van der Waals surface area (Å²) < 4.78 is 10.6. The van der Waals surface area contributed by atoms with Crippen molar-refractivity contribution in [3.05, 3.63) is 53.1 Å². The van der Waals surface area contributed by atoms with E-state index in [1.807, 2.05) is 18.2 Å². The number of fused-ring (bicyclic) bond motifs is 1. The van der Waals surface area contributed by atoms with E-state index in [0.717, 1.165) is 10.9 Å². The van der Waals surface area contributed by atoms with Gasteiger partial charge in [-0.05, 0) is 62.7 Å². The molecule has 7 nitrogen and oxygen atoms in total. The standard InChI is InChI=1S/C21H21ClN2O5/c1-21(2,3)28-20(27)23-17(19(25)26)11-12-4-9-16-15(10-12)18(29-24-16)13-5-7-14(22)8-6-13/h4-10,17H,11H2,1-3H3,(H,23,27)(H,25,26). The van der Waals surface area contributed by atoms with Crippen LogP contribution in [-0.4, -0.2) is 34.0 Å². The minimum Gasteiger partial charge on any atom is -0.480 e. The number of carboxylic acid groups (broad SMARTS) is 1. The van der Waals surface area contributed by atoms with Gasteiger partial charge in [-0.2, -0.15) is 0 Å². The largest absolute Gasteiger partial charge is 0.480 e. The number of nitrogens with zero attached hydrogens (tertiary/aromatic N) is 1. The van der Waals surface area contributed by atoms with Crippen molar-refractivity contribution in [3.8, 4) is 11.3 Å². The molecule has 1 heterocycles. The van der Waals surface area contributed by atoms with Crippen molar-refractivity contribution in [1.29, 1.82) is 0 Å². The second-order valence-electron chi connectivity index (χ2n) is 7.61. The van der Waals surface area contributed by atoms with Gasteiger partial charge >= 0.3 is 12.1 Å². The molecule has 2 N–H and O–H groups in total. The Kier molecular flexibility index (Phi) is 5.79. The smallest absolute Gasteiger partial charge is 0.408 e. The van der Waals surface area contributed by atoms with E-state index in [-0.39, 0.29) is 6.42 Å². The van der Waals surface area contributed by atoms with Gasteiger partial charge in [0.15, 0.2) is 5.76 Å². The molecule has 0 aliphatic carbocycles. The van der Waals surface area contributed by atoms with Crippen molar-refractivity contribution >= 4 is 34.6 Å². The van der Waals surface area contributed by atoms with E-state index >= 15 is 0 Å². The van der Waals surface area contributed by atoms with Crippen LogP contribution in [0, 0.1) is 0 Å². The van der Waals surface area contributed by atoms with Crippen LogP contribution in [0.15, 0.2) is 47.0 Å². The van der Waals surface area contributed by atoms with Crippen molar-refractivity contribution in [2.24, 2.45) is 0 Å². The van der Waals surface area contributed by atoms with Crippen LogP contribution in [0.2, 0.25) is 5.02 Å². The van der Waals surface area contributed by atoms with Gasteiger partial charge in [0, 0.05) is 22.4 Å². The minimum absolute atomic E-state index is 0.0791. The lowest BCUT2D eigenvalue weighted by Gasteiger charge is -2.22. The van der Waals surface area contributed by atoms with Crippen LogP contribution in [0.4, 0.5) is 4.79 Å². The summed E-state index contributed by atoms with van der Waals surface area (Å²) >= 11 is 5.94. The third-order valence-corrected chi connectivity index (χ3v) is 4.33. The maximum atomic E-state index is 12.0. The lowest BCUT2D eigenvalue weighted by atomic mass is 10.0. The summed E-state index contributed by atoms with van der Waals surface area (Å²) in [6, 6.07) is 11.3. The van der Waals surface area contributed by atoms with Crippen LogP contribution in [0.25, 0.3) is 22.2 Å². The van der Waals surface area contributed by atoms with Gasteiger partial charge in [-0.15, -0.1) is 0 Å². The highest BCUT2D eigenvalue weighted by Crippen LogP contribution is 2.30.